The van der Waals surface area contributed by atoms with Crippen molar-refractivity contribution in [2.24, 2.45) is 0 Å². The van der Waals surface area contributed by atoms with Gasteiger partial charge in [0.2, 0.25) is 0 Å². The lowest BCUT2D eigenvalue weighted by Gasteiger charge is -2.31. The summed E-state index contributed by atoms with van der Waals surface area (Å²) >= 11 is 5.73. The predicted molar refractivity (Wildman–Crippen MR) is 109 cm³/mol. The summed E-state index contributed by atoms with van der Waals surface area (Å²) in [7, 11) is 0. The topological polar surface area (TPSA) is 67.9 Å². The first kappa shape index (κ1) is 24.7. The highest BCUT2D eigenvalue weighted by Gasteiger charge is 2.32. The third-order valence-corrected chi connectivity index (χ3v) is 5.13. The second-order valence-corrected chi connectivity index (χ2v) is 7.52. The van der Waals surface area contributed by atoms with Crippen molar-refractivity contribution >= 4 is 34.9 Å². The Morgan fingerprint density at radius 3 is 2.39 bits per heavy atom. The molecule has 1 fully saturated rings. The zero-order chi connectivity index (χ0) is 24.3. The lowest BCUT2D eigenvalue weighted by molar-refractivity contribution is -0.137. The molecule has 2 aromatic rings. The minimum Gasteiger partial charge on any atom is -0.449 e. The van der Waals surface area contributed by atoms with Gasteiger partial charge in [-0.15, -0.1) is 0 Å². The molecule has 1 aliphatic rings. The van der Waals surface area contributed by atoms with E-state index < -0.39 is 51.9 Å². The molecule has 0 saturated carbocycles. The highest BCUT2D eigenvalue weighted by Crippen LogP contribution is 2.36. The Labute approximate surface area is 190 Å². The van der Waals surface area contributed by atoms with E-state index in [1.54, 1.807) is 4.90 Å². The fourth-order valence-corrected chi connectivity index (χ4v) is 3.31. The van der Waals surface area contributed by atoms with Gasteiger partial charge in [0.05, 0.1) is 40.7 Å². The number of amides is 1. The quantitative estimate of drug-likeness (QED) is 0.374. The highest BCUT2D eigenvalue weighted by atomic mass is 35.5. The van der Waals surface area contributed by atoms with E-state index in [-0.39, 0.29) is 5.69 Å². The summed E-state index contributed by atoms with van der Waals surface area (Å²) in [6, 6.07) is 4.02. The van der Waals surface area contributed by atoms with Gasteiger partial charge in [0.15, 0.2) is 17.7 Å². The van der Waals surface area contributed by atoms with Gasteiger partial charge in [-0.05, 0) is 37.3 Å². The number of benzene rings is 2. The van der Waals surface area contributed by atoms with Gasteiger partial charge in [0.25, 0.3) is 5.91 Å². The van der Waals surface area contributed by atoms with Crippen LogP contribution >= 0.6 is 11.6 Å². The third kappa shape index (κ3) is 5.91. The predicted octanol–water partition coefficient (Wildman–Crippen LogP) is 4.66. The van der Waals surface area contributed by atoms with Crippen LogP contribution in [0.3, 0.4) is 0 Å². The van der Waals surface area contributed by atoms with Crippen LogP contribution in [0, 0.1) is 11.6 Å². The summed E-state index contributed by atoms with van der Waals surface area (Å²) in [6.45, 7) is 2.68. The molecule has 178 valence electrons. The summed E-state index contributed by atoms with van der Waals surface area (Å²) < 4.78 is 76.5. The molecule has 0 bridgehead atoms. The van der Waals surface area contributed by atoms with E-state index in [9.17, 15) is 31.5 Å². The van der Waals surface area contributed by atoms with E-state index in [0.717, 1.165) is 12.1 Å². The number of anilines is 2. The number of alkyl halides is 3. The largest absolute Gasteiger partial charge is 0.449 e. The van der Waals surface area contributed by atoms with Gasteiger partial charge in [-0.25, -0.2) is 13.6 Å². The monoisotopic (exact) mass is 492 g/mol. The average Bonchev–Trinajstić information content (AvgIpc) is 2.76. The maximum atomic E-state index is 13.4. The molecule has 6 nitrogen and oxygen atoms in total. The Bertz CT molecular complexity index is 1060. The van der Waals surface area contributed by atoms with Crippen molar-refractivity contribution in [2.75, 3.05) is 36.5 Å². The molecule has 33 heavy (non-hydrogen) atoms. The molecule has 1 unspecified atom stereocenters. The van der Waals surface area contributed by atoms with Crippen LogP contribution in [0.4, 0.5) is 33.3 Å². The van der Waals surface area contributed by atoms with Crippen molar-refractivity contribution in [2.45, 2.75) is 19.2 Å². The van der Waals surface area contributed by atoms with Crippen LogP contribution in [0.25, 0.3) is 0 Å². The number of nitrogens with zero attached hydrogens (tertiary/aromatic N) is 1. The van der Waals surface area contributed by atoms with Gasteiger partial charge in [0.1, 0.15) is 0 Å². The maximum absolute atomic E-state index is 13.4. The average molecular weight is 493 g/mol. The molecule has 1 atom stereocenters. The summed E-state index contributed by atoms with van der Waals surface area (Å²) in [4.78, 5) is 26.6. The van der Waals surface area contributed by atoms with Gasteiger partial charge in [-0.2, -0.15) is 13.2 Å². The maximum Gasteiger partial charge on any atom is 0.416 e. The van der Waals surface area contributed by atoms with E-state index >= 15 is 0 Å². The Balaban J connectivity index is 1.80. The van der Waals surface area contributed by atoms with Crippen LogP contribution in [0.2, 0.25) is 5.02 Å². The molecule has 0 radical (unpaired) electrons. The molecular weight excluding hydrogens is 475 g/mol. The first-order valence-electron chi connectivity index (χ1n) is 9.67. The minimum atomic E-state index is -4.65. The third-order valence-electron chi connectivity index (χ3n) is 4.82. The van der Waals surface area contributed by atoms with E-state index in [2.05, 4.69) is 5.32 Å². The second kappa shape index (κ2) is 9.92. The zero-order valence-electron chi connectivity index (χ0n) is 17.1. The molecule has 1 N–H and O–H groups in total. The fourth-order valence-electron chi connectivity index (χ4n) is 3.08. The molecule has 0 aromatic heterocycles. The van der Waals surface area contributed by atoms with Gasteiger partial charge in [-0.3, -0.25) is 4.79 Å². The fraction of sp³-hybridized carbons (Fsp3) is 0.333. The molecule has 0 aliphatic carbocycles. The Morgan fingerprint density at radius 2 is 1.76 bits per heavy atom. The summed E-state index contributed by atoms with van der Waals surface area (Å²) in [6.07, 6.45) is -6.14. The molecule has 1 amide bonds. The van der Waals surface area contributed by atoms with Gasteiger partial charge in [0, 0.05) is 13.1 Å². The van der Waals surface area contributed by atoms with Crippen molar-refractivity contribution in [3.05, 3.63) is 58.1 Å². The standard InChI is InChI=1S/C21H18ClF5N2O4/c1-11(33-20(31)13-9-15(23)16(24)10-14(13)22)19(30)28-17-8-12(21(25,26)27)2-3-18(17)29-4-6-32-7-5-29/h2-3,8-11H,4-7H2,1H3,(H,28,30). The SMILES string of the molecule is CC(OC(=O)c1cc(F)c(F)cc1Cl)C(=O)Nc1cc(C(F)(F)F)ccc1N1CCOCC1. The van der Waals surface area contributed by atoms with E-state index in [0.29, 0.717) is 44.1 Å². The number of carbonyl (C=O) groups excluding carboxylic acids is 2. The Hall–Kier alpha value is -2.92. The van der Waals surface area contributed by atoms with Gasteiger partial charge in [-0.1, -0.05) is 11.6 Å². The molecular formula is C21H18ClF5N2O4. The Kier molecular flexibility index (Phi) is 7.43. The number of morpholine rings is 1. The van der Waals surface area contributed by atoms with Crippen molar-refractivity contribution < 1.29 is 41.0 Å². The first-order chi connectivity index (χ1) is 15.5. The molecule has 3 rings (SSSR count). The smallest absolute Gasteiger partial charge is 0.416 e. The van der Waals surface area contributed by atoms with Crippen LogP contribution in [0.5, 0.6) is 0 Å². The first-order valence-corrected chi connectivity index (χ1v) is 10.1. The van der Waals surface area contributed by atoms with Crippen LogP contribution in [0.15, 0.2) is 30.3 Å². The van der Waals surface area contributed by atoms with E-state index in [1.165, 1.54) is 13.0 Å². The molecule has 0 spiro atoms. The Morgan fingerprint density at radius 1 is 1.12 bits per heavy atom. The number of ether oxygens (including phenoxy) is 2. The van der Waals surface area contributed by atoms with Crippen molar-refractivity contribution in [1.29, 1.82) is 0 Å². The molecule has 1 heterocycles. The number of nitrogens with one attached hydrogen (secondary N) is 1. The lowest BCUT2D eigenvalue weighted by Crippen LogP contribution is -2.37. The van der Waals surface area contributed by atoms with E-state index in [4.69, 9.17) is 21.1 Å². The number of rotatable bonds is 5. The van der Waals surface area contributed by atoms with Gasteiger partial charge >= 0.3 is 12.1 Å². The number of carbonyl (C=O) groups is 2. The molecule has 12 heteroatoms. The number of halogens is 6. The van der Waals surface area contributed by atoms with Crippen molar-refractivity contribution in [1.82, 2.24) is 0 Å². The van der Waals surface area contributed by atoms with Crippen LogP contribution < -0.4 is 10.2 Å². The van der Waals surface area contributed by atoms with Crippen molar-refractivity contribution in [3.8, 4) is 0 Å². The van der Waals surface area contributed by atoms with Gasteiger partial charge < -0.3 is 19.7 Å². The zero-order valence-corrected chi connectivity index (χ0v) is 17.9. The van der Waals surface area contributed by atoms with Crippen LogP contribution in [-0.4, -0.2) is 44.3 Å². The second-order valence-electron chi connectivity index (χ2n) is 7.11. The molecule has 1 aliphatic heterocycles. The van der Waals surface area contributed by atoms with E-state index in [1.807, 2.05) is 0 Å². The number of hydrogen-bond acceptors (Lipinski definition) is 5. The minimum absolute atomic E-state index is 0.134. The lowest BCUT2D eigenvalue weighted by atomic mass is 10.1. The summed E-state index contributed by atoms with van der Waals surface area (Å²) in [5.74, 6) is -4.76. The number of esters is 1. The molecule has 2 aromatic carbocycles. The van der Waals surface area contributed by atoms with Crippen molar-refractivity contribution in [3.63, 3.8) is 0 Å². The number of hydrogen-bond donors (Lipinski definition) is 1. The van der Waals surface area contributed by atoms with Crippen LogP contribution in [-0.2, 0) is 20.4 Å². The van der Waals surface area contributed by atoms with Crippen LogP contribution in [0.1, 0.15) is 22.8 Å². The summed E-state index contributed by atoms with van der Waals surface area (Å²) in [5, 5.41) is 1.91. The molecule has 1 saturated heterocycles. The summed E-state index contributed by atoms with van der Waals surface area (Å²) in [5.41, 5.74) is -1.29. The highest BCUT2D eigenvalue weighted by molar-refractivity contribution is 6.33. The normalized spacial score (nSPS) is 15.2.